The van der Waals surface area contributed by atoms with Crippen molar-refractivity contribution in [1.82, 2.24) is 10.0 Å². The van der Waals surface area contributed by atoms with Crippen molar-refractivity contribution in [1.29, 1.82) is 0 Å². The molecule has 0 radical (unpaired) electrons. The second kappa shape index (κ2) is 4.35. The first-order chi connectivity index (χ1) is 7.36. The zero-order chi connectivity index (χ0) is 12.3. The predicted molar refractivity (Wildman–Crippen MR) is 55.6 cm³/mol. The molecule has 0 bridgehead atoms. The quantitative estimate of drug-likeness (QED) is 0.641. The number of halogens is 1. The number of benzene rings is 1. The van der Waals surface area contributed by atoms with Gasteiger partial charge in [-0.15, -0.1) is 0 Å². The van der Waals surface area contributed by atoms with Crippen LogP contribution in [-0.2, 0) is 10.0 Å². The molecular weight excluding hydrogens is 237 g/mol. The van der Waals surface area contributed by atoms with Gasteiger partial charge in [-0.05, 0) is 18.2 Å². The van der Waals surface area contributed by atoms with Gasteiger partial charge in [0.15, 0.2) is 0 Å². The molecule has 0 fully saturated rings. The van der Waals surface area contributed by atoms with Crippen molar-refractivity contribution >= 4 is 21.7 Å². The number of anilines is 1. The third-order valence-electron chi connectivity index (χ3n) is 1.73. The smallest absolute Gasteiger partial charge is 0.328 e. The van der Waals surface area contributed by atoms with Crippen molar-refractivity contribution in [3.63, 3.8) is 0 Å². The first kappa shape index (κ1) is 12.2. The van der Waals surface area contributed by atoms with Crippen molar-refractivity contribution < 1.29 is 17.6 Å². The number of hydrogen-bond donors (Lipinski definition) is 3. The van der Waals surface area contributed by atoms with Crippen molar-refractivity contribution in [2.24, 2.45) is 0 Å². The highest BCUT2D eigenvalue weighted by Crippen LogP contribution is 2.16. The molecule has 0 aromatic heterocycles. The van der Waals surface area contributed by atoms with Crippen molar-refractivity contribution in [2.75, 3.05) is 12.8 Å². The van der Waals surface area contributed by atoms with Crippen LogP contribution in [0.4, 0.5) is 14.9 Å². The first-order valence-corrected chi connectivity index (χ1v) is 5.64. The molecule has 0 aliphatic carbocycles. The Morgan fingerprint density at radius 2 is 2.06 bits per heavy atom. The maximum absolute atomic E-state index is 12.8. The Kier molecular flexibility index (Phi) is 3.33. The van der Waals surface area contributed by atoms with E-state index in [9.17, 15) is 17.6 Å². The number of rotatable bonds is 2. The number of carbonyl (C=O) groups is 1. The maximum atomic E-state index is 12.8. The molecule has 2 amide bonds. The van der Waals surface area contributed by atoms with E-state index >= 15 is 0 Å². The Morgan fingerprint density at radius 3 is 2.56 bits per heavy atom. The Morgan fingerprint density at radius 1 is 1.44 bits per heavy atom. The SMILES string of the molecule is CNC(=O)NS(=O)(=O)c1ccc(F)c(N)c1. The van der Waals surface area contributed by atoms with Gasteiger partial charge in [-0.2, -0.15) is 0 Å². The number of hydrogen-bond acceptors (Lipinski definition) is 4. The number of carbonyl (C=O) groups excluding carboxylic acids is 1. The maximum Gasteiger partial charge on any atom is 0.328 e. The molecule has 4 N–H and O–H groups in total. The van der Waals surface area contributed by atoms with Crippen LogP contribution in [0.3, 0.4) is 0 Å². The van der Waals surface area contributed by atoms with Gasteiger partial charge in [0.1, 0.15) is 5.82 Å². The molecule has 16 heavy (non-hydrogen) atoms. The van der Waals surface area contributed by atoms with E-state index in [4.69, 9.17) is 5.73 Å². The monoisotopic (exact) mass is 247 g/mol. The normalized spacial score (nSPS) is 10.9. The van der Waals surface area contributed by atoms with E-state index in [0.717, 1.165) is 18.2 Å². The number of sulfonamides is 1. The zero-order valence-corrected chi connectivity index (χ0v) is 9.14. The van der Waals surface area contributed by atoms with E-state index in [-0.39, 0.29) is 10.6 Å². The van der Waals surface area contributed by atoms with E-state index in [1.54, 1.807) is 4.72 Å². The second-order valence-electron chi connectivity index (χ2n) is 2.87. The number of urea groups is 1. The standard InChI is InChI=1S/C8H10FN3O3S/c1-11-8(13)12-16(14,15)5-2-3-6(9)7(10)4-5/h2-4H,10H2,1H3,(H2,11,12,13). The van der Waals surface area contributed by atoms with Crippen LogP contribution < -0.4 is 15.8 Å². The first-order valence-electron chi connectivity index (χ1n) is 4.16. The molecule has 1 aromatic rings. The van der Waals surface area contributed by atoms with Crippen LogP contribution in [0.5, 0.6) is 0 Å². The highest BCUT2D eigenvalue weighted by Gasteiger charge is 2.17. The molecule has 6 nitrogen and oxygen atoms in total. The van der Waals surface area contributed by atoms with Gasteiger partial charge in [-0.1, -0.05) is 0 Å². The molecular formula is C8H10FN3O3S. The second-order valence-corrected chi connectivity index (χ2v) is 4.55. The number of nitrogens with one attached hydrogen (secondary N) is 2. The lowest BCUT2D eigenvalue weighted by Gasteiger charge is -2.06. The number of nitrogens with two attached hydrogens (primary N) is 1. The van der Waals surface area contributed by atoms with Crippen LogP contribution in [-0.4, -0.2) is 21.5 Å². The third-order valence-corrected chi connectivity index (χ3v) is 3.06. The van der Waals surface area contributed by atoms with E-state index in [1.807, 2.05) is 0 Å². The van der Waals surface area contributed by atoms with Crippen molar-refractivity contribution in [3.05, 3.63) is 24.0 Å². The van der Waals surface area contributed by atoms with Gasteiger partial charge >= 0.3 is 6.03 Å². The summed E-state index contributed by atoms with van der Waals surface area (Å²) in [5.41, 5.74) is 4.91. The minimum Gasteiger partial charge on any atom is -0.396 e. The summed E-state index contributed by atoms with van der Waals surface area (Å²) < 4.78 is 37.5. The number of nitrogen functional groups attached to an aromatic ring is 1. The Labute approximate surface area is 91.7 Å². The van der Waals surface area contributed by atoms with E-state index in [1.165, 1.54) is 7.05 Å². The van der Waals surface area contributed by atoms with Gasteiger partial charge in [0.2, 0.25) is 0 Å². The van der Waals surface area contributed by atoms with Crippen LogP contribution >= 0.6 is 0 Å². The molecule has 0 unspecified atom stereocenters. The lowest BCUT2D eigenvalue weighted by molar-refractivity contribution is 0.248. The van der Waals surface area contributed by atoms with E-state index < -0.39 is 21.9 Å². The predicted octanol–water partition coefficient (Wildman–Crippen LogP) is 0.0256. The molecule has 0 saturated heterocycles. The lowest BCUT2D eigenvalue weighted by Crippen LogP contribution is -2.37. The molecule has 88 valence electrons. The summed E-state index contributed by atoms with van der Waals surface area (Å²) in [4.78, 5) is 10.6. The summed E-state index contributed by atoms with van der Waals surface area (Å²) in [6.07, 6.45) is 0. The molecule has 0 spiro atoms. The highest BCUT2D eigenvalue weighted by molar-refractivity contribution is 7.90. The van der Waals surface area contributed by atoms with Crippen LogP contribution in [0.15, 0.2) is 23.1 Å². The Balaban J connectivity index is 3.08. The minimum absolute atomic E-state index is 0.282. The van der Waals surface area contributed by atoms with Crippen LogP contribution in [0.2, 0.25) is 0 Å². The Hall–Kier alpha value is -1.83. The molecule has 0 saturated carbocycles. The Bertz CT molecular complexity index is 515. The molecule has 0 heterocycles. The van der Waals surface area contributed by atoms with E-state index in [2.05, 4.69) is 5.32 Å². The van der Waals surface area contributed by atoms with Crippen LogP contribution in [0.1, 0.15) is 0 Å². The fourth-order valence-corrected chi connectivity index (χ4v) is 1.91. The van der Waals surface area contributed by atoms with Gasteiger partial charge in [-0.3, -0.25) is 0 Å². The van der Waals surface area contributed by atoms with Gasteiger partial charge < -0.3 is 11.1 Å². The summed E-state index contributed by atoms with van der Waals surface area (Å²) in [7, 11) is -2.75. The molecule has 0 aliphatic heterocycles. The van der Waals surface area contributed by atoms with Gasteiger partial charge in [0, 0.05) is 7.05 Å². The molecule has 0 atom stereocenters. The van der Waals surface area contributed by atoms with Crippen molar-refractivity contribution in [2.45, 2.75) is 4.90 Å². The third kappa shape index (κ3) is 2.60. The van der Waals surface area contributed by atoms with Gasteiger partial charge in [0.05, 0.1) is 10.6 Å². The fourth-order valence-electron chi connectivity index (χ4n) is 0.921. The summed E-state index contributed by atoms with van der Waals surface area (Å²) >= 11 is 0. The average molecular weight is 247 g/mol. The molecule has 1 aromatic carbocycles. The topological polar surface area (TPSA) is 101 Å². The molecule has 0 aliphatic rings. The largest absolute Gasteiger partial charge is 0.396 e. The van der Waals surface area contributed by atoms with Crippen LogP contribution in [0.25, 0.3) is 0 Å². The molecule has 8 heteroatoms. The molecule has 1 rings (SSSR count). The average Bonchev–Trinajstić information content (AvgIpc) is 2.21. The number of amides is 2. The van der Waals surface area contributed by atoms with E-state index in [0.29, 0.717) is 0 Å². The van der Waals surface area contributed by atoms with Gasteiger partial charge in [0.25, 0.3) is 10.0 Å². The summed E-state index contributed by atoms with van der Waals surface area (Å²) in [6, 6.07) is 1.97. The minimum atomic E-state index is -4.02. The summed E-state index contributed by atoms with van der Waals surface area (Å²) in [5.74, 6) is -0.723. The summed E-state index contributed by atoms with van der Waals surface area (Å²) in [5, 5.41) is 2.08. The zero-order valence-electron chi connectivity index (χ0n) is 8.32. The fraction of sp³-hybridized carbons (Fsp3) is 0.125. The summed E-state index contributed by atoms with van der Waals surface area (Å²) in [6.45, 7) is 0. The van der Waals surface area contributed by atoms with Crippen molar-refractivity contribution in [3.8, 4) is 0 Å². The lowest BCUT2D eigenvalue weighted by atomic mass is 10.3. The van der Waals surface area contributed by atoms with Crippen LogP contribution in [0, 0.1) is 5.82 Å². The van der Waals surface area contributed by atoms with Gasteiger partial charge in [-0.25, -0.2) is 22.3 Å². The highest BCUT2D eigenvalue weighted by atomic mass is 32.2.